The number of nitrogens with two attached hydrogens (primary N) is 2. The van der Waals surface area contributed by atoms with Crippen LogP contribution in [-0.2, 0) is 0 Å². The Balaban J connectivity index is 0.000000269. The molecule has 0 amide bonds. The maximum Gasteiger partial charge on any atom is 0.0857 e. The summed E-state index contributed by atoms with van der Waals surface area (Å²) in [7, 11) is 0. The summed E-state index contributed by atoms with van der Waals surface area (Å²) >= 11 is 0. The van der Waals surface area contributed by atoms with Crippen molar-refractivity contribution < 1.29 is 0 Å². The molecule has 126 valence electrons. The molecule has 4 heteroatoms. The van der Waals surface area contributed by atoms with Gasteiger partial charge >= 0.3 is 0 Å². The molecule has 0 fully saturated rings. The lowest BCUT2D eigenvalue weighted by Gasteiger charge is -2.07. The van der Waals surface area contributed by atoms with Crippen molar-refractivity contribution in [2.45, 2.75) is 6.92 Å². The van der Waals surface area contributed by atoms with Gasteiger partial charge in [0, 0.05) is 0 Å². The number of aryl methyl sites for hydroxylation is 1. The van der Waals surface area contributed by atoms with Crippen LogP contribution in [0.2, 0.25) is 0 Å². The van der Waals surface area contributed by atoms with E-state index in [9.17, 15) is 0 Å². The van der Waals surface area contributed by atoms with Gasteiger partial charge in [-0.3, -0.25) is 9.98 Å². The fraction of sp³-hybridized carbons (Fsp3) is 0.0476. The van der Waals surface area contributed by atoms with Crippen LogP contribution in [0.15, 0.2) is 76.7 Å². The lowest BCUT2D eigenvalue weighted by molar-refractivity contribution is 1.48. The molecule has 0 radical (unpaired) electrons. The molecule has 0 heterocycles. The predicted octanol–water partition coefficient (Wildman–Crippen LogP) is 5.18. The Hall–Kier alpha value is -3.40. The molecule has 0 aliphatic rings. The van der Waals surface area contributed by atoms with Crippen LogP contribution in [0.1, 0.15) is 5.56 Å². The van der Waals surface area contributed by atoms with Crippen molar-refractivity contribution in [3.8, 4) is 11.1 Å². The van der Waals surface area contributed by atoms with E-state index in [2.05, 4.69) is 42.5 Å². The maximum absolute atomic E-state index is 5.88. The van der Waals surface area contributed by atoms with Crippen LogP contribution >= 0.6 is 0 Å². The highest BCUT2D eigenvalue weighted by Crippen LogP contribution is 2.32. The van der Waals surface area contributed by atoms with Crippen LogP contribution in [-0.4, -0.2) is 13.4 Å². The van der Waals surface area contributed by atoms with Crippen molar-refractivity contribution in [1.82, 2.24) is 0 Å². The number of rotatable bonds is 3. The minimum absolute atomic E-state index is 0.590. The highest BCUT2D eigenvalue weighted by molar-refractivity contribution is 5.79. The molecule has 0 aromatic heterocycles. The second-order valence-corrected chi connectivity index (χ2v) is 5.52. The molecular formula is C21H22N4. The molecule has 0 unspecified atom stereocenters. The molecule has 3 rings (SSSR count). The first-order valence-electron chi connectivity index (χ1n) is 7.79. The molecule has 0 aliphatic carbocycles. The molecule has 0 saturated heterocycles. The lowest BCUT2D eigenvalue weighted by Crippen LogP contribution is -1.89. The van der Waals surface area contributed by atoms with Crippen LogP contribution in [0, 0.1) is 6.92 Å². The van der Waals surface area contributed by atoms with E-state index in [1.54, 1.807) is 6.07 Å². The van der Waals surface area contributed by atoms with Crippen molar-refractivity contribution >= 4 is 36.2 Å². The zero-order valence-corrected chi connectivity index (χ0v) is 14.3. The number of aliphatic imine (C=N–C) groups is 2. The number of nitrogens with zero attached hydrogens (tertiary/aromatic N) is 2. The highest BCUT2D eigenvalue weighted by Gasteiger charge is 2.04. The van der Waals surface area contributed by atoms with E-state index in [0.717, 1.165) is 11.1 Å². The van der Waals surface area contributed by atoms with E-state index in [0.29, 0.717) is 22.7 Å². The molecule has 25 heavy (non-hydrogen) atoms. The maximum atomic E-state index is 5.88. The van der Waals surface area contributed by atoms with Crippen molar-refractivity contribution in [1.29, 1.82) is 0 Å². The first-order chi connectivity index (χ1) is 12.0. The fourth-order valence-electron chi connectivity index (χ4n) is 2.27. The number of hydrogen-bond acceptors (Lipinski definition) is 4. The number of benzene rings is 3. The summed E-state index contributed by atoms with van der Waals surface area (Å²) in [4.78, 5) is 7.71. The Morgan fingerprint density at radius 1 is 0.680 bits per heavy atom. The first kappa shape index (κ1) is 17.9. The van der Waals surface area contributed by atoms with E-state index in [4.69, 9.17) is 11.5 Å². The van der Waals surface area contributed by atoms with Gasteiger partial charge in [0.2, 0.25) is 0 Å². The van der Waals surface area contributed by atoms with E-state index in [1.807, 2.05) is 48.5 Å². The Morgan fingerprint density at radius 3 is 1.80 bits per heavy atom. The topological polar surface area (TPSA) is 76.8 Å². The highest BCUT2D eigenvalue weighted by atomic mass is 14.8. The van der Waals surface area contributed by atoms with Gasteiger partial charge in [0.25, 0.3) is 0 Å². The summed E-state index contributed by atoms with van der Waals surface area (Å²) in [6.45, 7) is 9.04. The molecule has 4 nitrogen and oxygen atoms in total. The van der Waals surface area contributed by atoms with Crippen LogP contribution in [0.25, 0.3) is 11.1 Å². The standard InChI is InChI=1S/C14H14N4.C7H8/c1-17-13-6-4-9(7-12(13)16)10-3-5-11(15)14(8-10)18-2;1-7-5-3-2-4-6-7/h3-8H,1-2,15-16H2;2-6H,1H3. The van der Waals surface area contributed by atoms with E-state index >= 15 is 0 Å². The lowest BCUT2D eigenvalue weighted by atomic mass is 10.0. The van der Waals surface area contributed by atoms with Crippen molar-refractivity contribution in [2.24, 2.45) is 9.98 Å². The quantitative estimate of drug-likeness (QED) is 0.513. The number of anilines is 2. The van der Waals surface area contributed by atoms with Crippen molar-refractivity contribution in [3.05, 3.63) is 72.3 Å². The average molecular weight is 330 g/mol. The third kappa shape index (κ3) is 4.78. The molecule has 0 spiro atoms. The Kier molecular flexibility index (Phi) is 6.07. The summed E-state index contributed by atoms with van der Waals surface area (Å²) in [5, 5.41) is 0. The zero-order valence-electron chi connectivity index (χ0n) is 14.3. The summed E-state index contributed by atoms with van der Waals surface area (Å²) in [6, 6.07) is 21.5. The molecule has 0 saturated carbocycles. The summed E-state index contributed by atoms with van der Waals surface area (Å²) in [5.74, 6) is 0. The number of nitrogen functional groups attached to an aromatic ring is 2. The average Bonchev–Trinajstić information content (AvgIpc) is 2.63. The van der Waals surface area contributed by atoms with E-state index in [-0.39, 0.29) is 0 Å². The Bertz CT molecular complexity index is 870. The van der Waals surface area contributed by atoms with E-state index < -0.39 is 0 Å². The van der Waals surface area contributed by atoms with Crippen LogP contribution < -0.4 is 11.5 Å². The molecule has 3 aromatic rings. The van der Waals surface area contributed by atoms with E-state index in [1.165, 1.54) is 5.56 Å². The van der Waals surface area contributed by atoms with Gasteiger partial charge in [0.05, 0.1) is 22.7 Å². The van der Waals surface area contributed by atoms with Crippen LogP contribution in [0.5, 0.6) is 0 Å². The van der Waals surface area contributed by atoms with Crippen LogP contribution in [0.4, 0.5) is 22.7 Å². The van der Waals surface area contributed by atoms with Gasteiger partial charge in [0.15, 0.2) is 0 Å². The second-order valence-electron chi connectivity index (χ2n) is 5.52. The second kappa shape index (κ2) is 8.45. The largest absolute Gasteiger partial charge is 0.397 e. The van der Waals surface area contributed by atoms with Gasteiger partial charge in [-0.2, -0.15) is 0 Å². The molecule has 0 bridgehead atoms. The van der Waals surface area contributed by atoms with Crippen LogP contribution in [0.3, 0.4) is 0 Å². The number of hydrogen-bond donors (Lipinski definition) is 2. The minimum atomic E-state index is 0.590. The summed E-state index contributed by atoms with van der Waals surface area (Å²) < 4.78 is 0. The summed E-state index contributed by atoms with van der Waals surface area (Å²) in [6.07, 6.45) is 0. The third-order valence-electron chi connectivity index (χ3n) is 3.67. The normalized spacial score (nSPS) is 9.64. The SMILES string of the molecule is C=Nc1ccc(-c2ccc(N)c(N=C)c2)cc1N.Cc1ccccc1. The molecule has 0 atom stereocenters. The monoisotopic (exact) mass is 330 g/mol. The van der Waals surface area contributed by atoms with Gasteiger partial charge in [0.1, 0.15) is 0 Å². The van der Waals surface area contributed by atoms with Crippen molar-refractivity contribution in [3.63, 3.8) is 0 Å². The van der Waals surface area contributed by atoms with Gasteiger partial charge < -0.3 is 11.5 Å². The molecular weight excluding hydrogens is 308 g/mol. The molecule has 3 aromatic carbocycles. The van der Waals surface area contributed by atoms with Gasteiger partial charge in [-0.05, 0) is 55.8 Å². The van der Waals surface area contributed by atoms with Crippen molar-refractivity contribution in [2.75, 3.05) is 11.5 Å². The Labute approximate surface area is 148 Å². The first-order valence-corrected chi connectivity index (χ1v) is 7.79. The van der Waals surface area contributed by atoms with Gasteiger partial charge in [-0.25, -0.2) is 0 Å². The smallest absolute Gasteiger partial charge is 0.0857 e. The summed E-state index contributed by atoms with van der Waals surface area (Å²) in [5.41, 5.74) is 17.5. The third-order valence-corrected chi connectivity index (χ3v) is 3.67. The van der Waals surface area contributed by atoms with Gasteiger partial charge in [-0.1, -0.05) is 48.0 Å². The predicted molar refractivity (Wildman–Crippen MR) is 110 cm³/mol. The fourth-order valence-corrected chi connectivity index (χ4v) is 2.27. The zero-order chi connectivity index (χ0) is 18.2. The van der Waals surface area contributed by atoms with Gasteiger partial charge in [-0.15, -0.1) is 0 Å². The molecule has 4 N–H and O–H groups in total. The Morgan fingerprint density at radius 2 is 1.28 bits per heavy atom. The molecule has 0 aliphatic heterocycles. The minimum Gasteiger partial charge on any atom is -0.397 e.